The predicted molar refractivity (Wildman–Crippen MR) is 126 cm³/mol. The van der Waals surface area contributed by atoms with Gasteiger partial charge < -0.3 is 5.32 Å². The second-order valence-corrected chi connectivity index (χ2v) is 8.36. The van der Waals surface area contributed by atoms with Crippen molar-refractivity contribution in [2.75, 3.05) is 0 Å². The Bertz CT molecular complexity index is 1190. The Balaban J connectivity index is 1.57. The summed E-state index contributed by atoms with van der Waals surface area (Å²) < 4.78 is 0. The van der Waals surface area contributed by atoms with Crippen molar-refractivity contribution < 1.29 is 4.79 Å². The fourth-order valence-corrected chi connectivity index (χ4v) is 3.88. The van der Waals surface area contributed by atoms with Crippen LogP contribution in [0.4, 0.5) is 0 Å². The van der Waals surface area contributed by atoms with E-state index in [1.54, 1.807) is 12.3 Å². The zero-order valence-corrected chi connectivity index (χ0v) is 18.4. The number of carbonyl (C=O) groups excluding carboxylic acids is 1. The number of carbonyl (C=O) groups is 1. The minimum Gasteiger partial charge on any atom is -0.348 e. The van der Waals surface area contributed by atoms with E-state index in [0.29, 0.717) is 21.3 Å². The molecule has 0 aliphatic heterocycles. The molecule has 4 rings (SSSR count). The normalized spacial score (nSPS) is 13.0. The van der Waals surface area contributed by atoms with E-state index in [0.717, 1.165) is 23.1 Å². The van der Waals surface area contributed by atoms with Crippen molar-refractivity contribution in [1.29, 1.82) is 0 Å². The summed E-state index contributed by atoms with van der Waals surface area (Å²) in [6.45, 7) is 2.01. The highest BCUT2D eigenvalue weighted by molar-refractivity contribution is 6.30. The van der Waals surface area contributed by atoms with Crippen molar-refractivity contribution in [3.05, 3.63) is 106 Å². The third-order valence-corrected chi connectivity index (χ3v) is 5.82. The number of benzene rings is 2. The Morgan fingerprint density at radius 3 is 2.29 bits per heavy atom. The van der Waals surface area contributed by atoms with Crippen LogP contribution in [0.5, 0.6) is 0 Å². The van der Waals surface area contributed by atoms with Gasteiger partial charge in [-0.2, -0.15) is 0 Å². The number of hydrogen-bond acceptors (Lipinski definition) is 3. The molecule has 0 aliphatic rings. The van der Waals surface area contributed by atoms with E-state index in [-0.39, 0.29) is 17.9 Å². The third kappa shape index (κ3) is 5.22. The van der Waals surface area contributed by atoms with Crippen molar-refractivity contribution in [2.45, 2.75) is 25.3 Å². The van der Waals surface area contributed by atoms with Crippen LogP contribution in [-0.2, 0) is 6.42 Å². The summed E-state index contributed by atoms with van der Waals surface area (Å²) in [5, 5.41) is 4.50. The molecule has 2 unspecified atom stereocenters. The summed E-state index contributed by atoms with van der Waals surface area (Å²) in [4.78, 5) is 21.7. The molecule has 4 nitrogen and oxygen atoms in total. The van der Waals surface area contributed by atoms with Gasteiger partial charge in [-0.3, -0.25) is 9.78 Å². The molecular weight excluding hydrogens is 429 g/mol. The molecule has 1 amide bonds. The van der Waals surface area contributed by atoms with Gasteiger partial charge in [-0.25, -0.2) is 4.98 Å². The maximum Gasteiger partial charge on any atom is 0.270 e. The monoisotopic (exact) mass is 449 g/mol. The largest absolute Gasteiger partial charge is 0.348 e. The molecule has 0 bridgehead atoms. The lowest BCUT2D eigenvalue weighted by Gasteiger charge is -2.26. The highest BCUT2D eigenvalue weighted by atomic mass is 35.5. The summed E-state index contributed by atoms with van der Waals surface area (Å²) in [7, 11) is 0. The quantitative estimate of drug-likeness (QED) is 0.387. The lowest BCUT2D eigenvalue weighted by Crippen LogP contribution is -2.38. The van der Waals surface area contributed by atoms with Crippen molar-refractivity contribution in [1.82, 2.24) is 15.3 Å². The number of nitrogens with one attached hydrogen (secondary N) is 1. The summed E-state index contributed by atoms with van der Waals surface area (Å²) in [6.07, 6.45) is 2.45. The van der Waals surface area contributed by atoms with Crippen molar-refractivity contribution in [2.24, 2.45) is 0 Å². The van der Waals surface area contributed by atoms with E-state index in [1.807, 2.05) is 73.7 Å². The Labute approximate surface area is 191 Å². The first-order chi connectivity index (χ1) is 15.0. The van der Waals surface area contributed by atoms with Crippen molar-refractivity contribution in [3.8, 4) is 0 Å². The molecule has 0 saturated carbocycles. The predicted octanol–water partition coefficient (Wildman–Crippen LogP) is 6.08. The number of pyridine rings is 2. The standard InChI is InChI=1S/C25H21Cl2N3O/c1-16(29-25(31)24-13-12-22-23(30-24)3-2-14-28-22)21(18-6-10-20(27)11-7-18)15-17-4-8-19(26)9-5-17/h2-14,16,21H,15H2,1H3,(H,29,31). The average molecular weight is 450 g/mol. The van der Waals surface area contributed by atoms with Gasteiger partial charge in [-0.05, 0) is 73.0 Å². The molecule has 0 aliphatic carbocycles. The van der Waals surface area contributed by atoms with E-state index >= 15 is 0 Å². The first kappa shape index (κ1) is 21.3. The van der Waals surface area contributed by atoms with Gasteiger partial charge >= 0.3 is 0 Å². The Kier molecular flexibility index (Phi) is 6.50. The minimum absolute atomic E-state index is 0.0458. The molecule has 0 saturated heterocycles. The fourth-order valence-electron chi connectivity index (χ4n) is 3.63. The van der Waals surface area contributed by atoms with E-state index in [1.165, 1.54) is 0 Å². The highest BCUT2D eigenvalue weighted by Crippen LogP contribution is 2.27. The number of fused-ring (bicyclic) bond motifs is 1. The molecule has 2 heterocycles. The molecule has 1 N–H and O–H groups in total. The first-order valence-corrected chi connectivity index (χ1v) is 10.8. The first-order valence-electron chi connectivity index (χ1n) is 10.0. The van der Waals surface area contributed by atoms with Gasteiger partial charge in [-0.15, -0.1) is 0 Å². The van der Waals surface area contributed by atoms with Gasteiger partial charge in [0.05, 0.1) is 11.0 Å². The van der Waals surface area contributed by atoms with Crippen LogP contribution in [0.15, 0.2) is 79.0 Å². The number of amides is 1. The summed E-state index contributed by atoms with van der Waals surface area (Å²) in [5.41, 5.74) is 4.06. The van der Waals surface area contributed by atoms with Gasteiger partial charge in [0.25, 0.3) is 5.91 Å². The Hall–Kier alpha value is -2.95. The molecule has 0 radical (unpaired) electrons. The molecule has 2 aromatic heterocycles. The molecule has 4 aromatic rings. The summed E-state index contributed by atoms with van der Waals surface area (Å²) >= 11 is 12.1. The minimum atomic E-state index is -0.215. The maximum absolute atomic E-state index is 13.0. The number of rotatable bonds is 6. The van der Waals surface area contributed by atoms with Gasteiger partial charge in [-0.1, -0.05) is 47.5 Å². The van der Waals surface area contributed by atoms with E-state index < -0.39 is 0 Å². The van der Waals surface area contributed by atoms with Crippen LogP contribution in [-0.4, -0.2) is 21.9 Å². The lowest BCUT2D eigenvalue weighted by molar-refractivity contribution is 0.0929. The lowest BCUT2D eigenvalue weighted by atomic mass is 9.86. The van der Waals surface area contributed by atoms with Gasteiger partial charge in [0.2, 0.25) is 0 Å². The molecule has 6 heteroatoms. The molecular formula is C25H21Cl2N3O. The van der Waals surface area contributed by atoms with Crippen molar-refractivity contribution in [3.63, 3.8) is 0 Å². The summed E-state index contributed by atoms with van der Waals surface area (Å²) in [5.74, 6) is -0.169. The smallest absolute Gasteiger partial charge is 0.270 e. The average Bonchev–Trinajstić information content (AvgIpc) is 2.79. The van der Waals surface area contributed by atoms with Crippen LogP contribution in [0.2, 0.25) is 10.0 Å². The topological polar surface area (TPSA) is 54.9 Å². The van der Waals surface area contributed by atoms with Crippen LogP contribution < -0.4 is 5.32 Å². The number of hydrogen-bond donors (Lipinski definition) is 1. The zero-order chi connectivity index (χ0) is 21.8. The zero-order valence-electron chi connectivity index (χ0n) is 16.9. The summed E-state index contributed by atoms with van der Waals surface area (Å²) in [6, 6.07) is 22.6. The number of halogens is 2. The third-order valence-electron chi connectivity index (χ3n) is 5.32. The molecule has 156 valence electrons. The van der Waals surface area contributed by atoms with E-state index in [4.69, 9.17) is 23.2 Å². The fraction of sp³-hybridized carbons (Fsp3) is 0.160. The number of nitrogens with zero attached hydrogens (tertiary/aromatic N) is 2. The van der Waals surface area contributed by atoms with Gasteiger partial charge in [0, 0.05) is 28.2 Å². The maximum atomic E-state index is 13.0. The molecule has 31 heavy (non-hydrogen) atoms. The van der Waals surface area contributed by atoms with E-state index in [2.05, 4.69) is 15.3 Å². The van der Waals surface area contributed by atoms with Crippen LogP contribution in [0.25, 0.3) is 11.0 Å². The second-order valence-electron chi connectivity index (χ2n) is 7.49. The SMILES string of the molecule is CC(NC(=O)c1ccc2ncccc2n1)C(Cc1ccc(Cl)cc1)c1ccc(Cl)cc1. The van der Waals surface area contributed by atoms with E-state index in [9.17, 15) is 4.79 Å². The molecule has 2 atom stereocenters. The molecule has 2 aromatic carbocycles. The van der Waals surface area contributed by atoms with Crippen LogP contribution >= 0.6 is 23.2 Å². The Morgan fingerprint density at radius 1 is 0.903 bits per heavy atom. The van der Waals surface area contributed by atoms with Crippen LogP contribution in [0.3, 0.4) is 0 Å². The molecule has 0 fully saturated rings. The van der Waals surface area contributed by atoms with Gasteiger partial charge in [0.1, 0.15) is 5.69 Å². The molecule has 0 spiro atoms. The van der Waals surface area contributed by atoms with Crippen LogP contribution in [0, 0.1) is 0 Å². The van der Waals surface area contributed by atoms with Crippen LogP contribution in [0.1, 0.15) is 34.5 Å². The Morgan fingerprint density at radius 2 is 1.58 bits per heavy atom. The number of aromatic nitrogens is 2. The van der Waals surface area contributed by atoms with Crippen molar-refractivity contribution >= 4 is 40.1 Å². The second kappa shape index (κ2) is 9.46. The van der Waals surface area contributed by atoms with Gasteiger partial charge in [0.15, 0.2) is 0 Å². The highest BCUT2D eigenvalue weighted by Gasteiger charge is 2.23.